The molecule has 0 aliphatic carbocycles. The van der Waals surface area contributed by atoms with Crippen LogP contribution >= 0.6 is 31.9 Å². The minimum Gasteiger partial charge on any atom is -0.374 e. The van der Waals surface area contributed by atoms with Crippen LogP contribution in [0, 0.1) is 12.7 Å². The van der Waals surface area contributed by atoms with Crippen LogP contribution in [-0.4, -0.2) is 18.7 Å². The molecule has 2 aromatic rings. The summed E-state index contributed by atoms with van der Waals surface area (Å²) in [5.74, 6) is -0.729. The molecule has 4 nitrogen and oxygen atoms in total. The average molecular weight is 443 g/mol. The summed E-state index contributed by atoms with van der Waals surface area (Å²) in [5, 5.41) is 6.76. The highest BCUT2D eigenvalue weighted by molar-refractivity contribution is 9.11. The van der Waals surface area contributed by atoms with Crippen LogP contribution in [0.1, 0.15) is 11.1 Å². The average Bonchev–Trinajstić information content (AvgIpc) is 2.48. The molecule has 0 aromatic heterocycles. The van der Waals surface area contributed by atoms with Crippen molar-refractivity contribution in [3.05, 3.63) is 62.3 Å². The zero-order valence-corrected chi connectivity index (χ0v) is 15.4. The molecule has 0 aliphatic rings. The van der Waals surface area contributed by atoms with E-state index in [1.54, 1.807) is 18.2 Å². The second kappa shape index (κ2) is 8.21. The normalized spacial score (nSPS) is 10.8. The molecule has 2 rings (SSSR count). The molecule has 0 bridgehead atoms. The zero-order chi connectivity index (χ0) is 16.8. The maximum atomic E-state index is 13.4. The molecule has 0 unspecified atom stereocenters. The molecule has 0 heterocycles. The molecule has 1 amide bonds. The first-order valence-electron chi connectivity index (χ1n) is 6.73. The SMILES string of the molecule is Cc1cc(Br)c(NCC(=O)N/N=C\c2ccccc2F)c(Br)c1. The highest BCUT2D eigenvalue weighted by atomic mass is 79.9. The summed E-state index contributed by atoms with van der Waals surface area (Å²) in [6.07, 6.45) is 1.27. The fraction of sp³-hybridized carbons (Fsp3) is 0.125. The maximum absolute atomic E-state index is 13.4. The number of nitrogens with one attached hydrogen (secondary N) is 2. The molecular formula is C16H14Br2FN3O. The molecular weight excluding hydrogens is 429 g/mol. The van der Waals surface area contributed by atoms with Gasteiger partial charge < -0.3 is 5.32 Å². The second-order valence-corrected chi connectivity index (χ2v) is 6.48. The van der Waals surface area contributed by atoms with Crippen molar-refractivity contribution >= 4 is 49.7 Å². The van der Waals surface area contributed by atoms with Gasteiger partial charge >= 0.3 is 0 Å². The van der Waals surface area contributed by atoms with E-state index in [0.29, 0.717) is 5.56 Å². The predicted molar refractivity (Wildman–Crippen MR) is 97.2 cm³/mol. The standard InChI is InChI=1S/C16H14Br2FN3O/c1-10-6-12(17)16(13(18)7-10)20-9-15(23)22-21-8-11-4-2-3-5-14(11)19/h2-8,20H,9H2,1H3,(H,22,23)/b21-8-. The van der Waals surface area contributed by atoms with Gasteiger partial charge in [0, 0.05) is 14.5 Å². The lowest BCUT2D eigenvalue weighted by molar-refractivity contribution is -0.119. The Morgan fingerprint density at radius 2 is 1.91 bits per heavy atom. The molecule has 0 aliphatic heterocycles. The van der Waals surface area contributed by atoms with E-state index in [4.69, 9.17) is 0 Å². The van der Waals surface area contributed by atoms with E-state index >= 15 is 0 Å². The minimum atomic E-state index is -0.392. The third-order valence-electron chi connectivity index (χ3n) is 2.91. The summed E-state index contributed by atoms with van der Waals surface area (Å²) in [4.78, 5) is 11.8. The number of carbonyl (C=O) groups excluding carboxylic acids is 1. The fourth-order valence-electron chi connectivity index (χ4n) is 1.83. The Bertz CT molecular complexity index is 727. The van der Waals surface area contributed by atoms with E-state index in [-0.39, 0.29) is 12.5 Å². The lowest BCUT2D eigenvalue weighted by Crippen LogP contribution is -2.26. The van der Waals surface area contributed by atoms with Crippen molar-refractivity contribution in [2.75, 3.05) is 11.9 Å². The Hall–Kier alpha value is -1.73. The lowest BCUT2D eigenvalue weighted by Gasteiger charge is -2.11. The molecule has 0 saturated heterocycles. The zero-order valence-electron chi connectivity index (χ0n) is 12.2. The number of hydrazone groups is 1. The van der Waals surface area contributed by atoms with Gasteiger partial charge in [0.05, 0.1) is 18.4 Å². The number of amides is 1. The summed E-state index contributed by atoms with van der Waals surface area (Å²) < 4.78 is 15.1. The minimum absolute atomic E-state index is 0.0366. The Balaban J connectivity index is 1.90. The summed E-state index contributed by atoms with van der Waals surface area (Å²) in [6.45, 7) is 2.01. The van der Waals surface area contributed by atoms with Crippen molar-refractivity contribution in [3.8, 4) is 0 Å². The molecule has 23 heavy (non-hydrogen) atoms. The molecule has 120 valence electrons. The van der Waals surface area contributed by atoms with E-state index in [2.05, 4.69) is 47.7 Å². The predicted octanol–water partition coefficient (Wildman–Crippen LogP) is 4.22. The van der Waals surface area contributed by atoms with E-state index in [1.807, 2.05) is 19.1 Å². The Morgan fingerprint density at radius 3 is 2.57 bits per heavy atom. The van der Waals surface area contributed by atoms with Crippen molar-refractivity contribution < 1.29 is 9.18 Å². The highest BCUT2D eigenvalue weighted by Crippen LogP contribution is 2.31. The Kier molecular flexibility index (Phi) is 6.29. The van der Waals surface area contributed by atoms with Crippen molar-refractivity contribution in [1.29, 1.82) is 0 Å². The number of halogens is 3. The quantitative estimate of drug-likeness (QED) is 0.538. The first kappa shape index (κ1) is 17.6. The van der Waals surface area contributed by atoms with Gasteiger partial charge in [0.1, 0.15) is 5.82 Å². The Morgan fingerprint density at radius 1 is 1.26 bits per heavy atom. The summed E-state index contributed by atoms with van der Waals surface area (Å²) in [6, 6.07) is 10.1. The summed E-state index contributed by atoms with van der Waals surface area (Å²) in [7, 11) is 0. The van der Waals surface area contributed by atoms with Crippen molar-refractivity contribution in [3.63, 3.8) is 0 Å². The maximum Gasteiger partial charge on any atom is 0.259 e. The van der Waals surface area contributed by atoms with E-state index in [1.165, 1.54) is 12.3 Å². The number of aryl methyl sites for hydroxylation is 1. The number of rotatable bonds is 5. The van der Waals surface area contributed by atoms with Crippen LogP contribution in [0.5, 0.6) is 0 Å². The number of hydrogen-bond donors (Lipinski definition) is 2. The first-order valence-corrected chi connectivity index (χ1v) is 8.32. The van der Waals surface area contributed by atoms with Gasteiger partial charge in [0.25, 0.3) is 5.91 Å². The highest BCUT2D eigenvalue weighted by Gasteiger charge is 2.08. The Labute approximate surface area is 150 Å². The smallest absolute Gasteiger partial charge is 0.259 e. The number of carbonyl (C=O) groups is 1. The van der Waals surface area contributed by atoms with Crippen LogP contribution in [0.25, 0.3) is 0 Å². The van der Waals surface area contributed by atoms with Crippen LogP contribution < -0.4 is 10.7 Å². The van der Waals surface area contributed by atoms with Crippen LogP contribution in [0.15, 0.2) is 50.4 Å². The summed E-state index contributed by atoms with van der Waals surface area (Å²) in [5.41, 5.74) is 4.53. The third kappa shape index (κ3) is 5.14. The number of nitrogens with zero attached hydrogens (tertiary/aromatic N) is 1. The van der Waals surface area contributed by atoms with Crippen molar-refractivity contribution in [2.45, 2.75) is 6.92 Å². The van der Waals surface area contributed by atoms with Gasteiger partial charge in [-0.05, 0) is 62.5 Å². The van der Waals surface area contributed by atoms with Gasteiger partial charge in [0.2, 0.25) is 0 Å². The van der Waals surface area contributed by atoms with E-state index in [9.17, 15) is 9.18 Å². The largest absolute Gasteiger partial charge is 0.374 e. The van der Waals surface area contributed by atoms with E-state index < -0.39 is 5.82 Å². The van der Waals surface area contributed by atoms with Gasteiger partial charge in [-0.25, -0.2) is 9.82 Å². The topological polar surface area (TPSA) is 53.5 Å². The van der Waals surface area contributed by atoms with Gasteiger partial charge in [0.15, 0.2) is 0 Å². The lowest BCUT2D eigenvalue weighted by atomic mass is 10.2. The van der Waals surface area contributed by atoms with Crippen LogP contribution in [0.4, 0.5) is 10.1 Å². The molecule has 2 aromatic carbocycles. The third-order valence-corrected chi connectivity index (χ3v) is 4.16. The number of hydrogen-bond acceptors (Lipinski definition) is 3. The van der Waals surface area contributed by atoms with Gasteiger partial charge in [-0.3, -0.25) is 4.79 Å². The number of anilines is 1. The van der Waals surface area contributed by atoms with Gasteiger partial charge in [-0.15, -0.1) is 0 Å². The summed E-state index contributed by atoms with van der Waals surface area (Å²) >= 11 is 6.89. The van der Waals surface area contributed by atoms with Crippen LogP contribution in [0.3, 0.4) is 0 Å². The molecule has 0 atom stereocenters. The second-order valence-electron chi connectivity index (χ2n) is 4.77. The van der Waals surface area contributed by atoms with Crippen LogP contribution in [-0.2, 0) is 4.79 Å². The first-order chi connectivity index (χ1) is 11.0. The fourth-order valence-corrected chi connectivity index (χ4v) is 3.53. The molecule has 2 N–H and O–H groups in total. The monoisotopic (exact) mass is 441 g/mol. The van der Waals surface area contributed by atoms with E-state index in [0.717, 1.165) is 20.2 Å². The van der Waals surface area contributed by atoms with Crippen molar-refractivity contribution in [2.24, 2.45) is 5.10 Å². The van der Waals surface area contributed by atoms with Crippen molar-refractivity contribution in [1.82, 2.24) is 5.43 Å². The molecule has 0 radical (unpaired) electrons. The van der Waals surface area contributed by atoms with Gasteiger partial charge in [-0.1, -0.05) is 18.2 Å². The number of benzene rings is 2. The molecule has 0 saturated carbocycles. The van der Waals surface area contributed by atoms with Crippen LogP contribution in [0.2, 0.25) is 0 Å². The molecule has 0 spiro atoms. The molecule has 0 fully saturated rings. The molecule has 7 heteroatoms. The van der Waals surface area contributed by atoms with Gasteiger partial charge in [-0.2, -0.15) is 5.10 Å².